The first kappa shape index (κ1) is 20.1. The van der Waals surface area contributed by atoms with Gasteiger partial charge in [0.2, 0.25) is 0 Å². The average Bonchev–Trinajstić information content (AvgIpc) is 3.29. The SMILES string of the molecule is CN=C(NCc1ccc(C(=O)N(C)C)cc1)NCc1ccc(-n2ccnc2)nc1. The lowest BCUT2D eigenvalue weighted by molar-refractivity contribution is 0.0827. The van der Waals surface area contributed by atoms with Crippen molar-refractivity contribution < 1.29 is 4.79 Å². The number of aromatic nitrogens is 3. The third-order valence-electron chi connectivity index (χ3n) is 4.33. The lowest BCUT2D eigenvalue weighted by Gasteiger charge is -2.13. The highest BCUT2D eigenvalue weighted by Crippen LogP contribution is 2.07. The van der Waals surface area contributed by atoms with Crippen molar-refractivity contribution in [3.8, 4) is 5.82 Å². The van der Waals surface area contributed by atoms with Crippen molar-refractivity contribution in [1.82, 2.24) is 30.1 Å². The number of benzene rings is 1. The van der Waals surface area contributed by atoms with E-state index in [1.54, 1.807) is 38.6 Å². The Balaban J connectivity index is 1.50. The van der Waals surface area contributed by atoms with Gasteiger partial charge in [-0.25, -0.2) is 9.97 Å². The Kier molecular flexibility index (Phi) is 6.57. The Hall–Kier alpha value is -3.68. The smallest absolute Gasteiger partial charge is 0.253 e. The maximum absolute atomic E-state index is 11.9. The van der Waals surface area contributed by atoms with E-state index >= 15 is 0 Å². The van der Waals surface area contributed by atoms with Crippen LogP contribution in [0.25, 0.3) is 5.82 Å². The Morgan fingerprint density at radius 3 is 2.31 bits per heavy atom. The van der Waals surface area contributed by atoms with Crippen molar-refractivity contribution in [1.29, 1.82) is 0 Å². The number of pyridine rings is 1. The molecule has 8 nitrogen and oxygen atoms in total. The number of nitrogens with one attached hydrogen (secondary N) is 2. The first-order valence-electron chi connectivity index (χ1n) is 9.25. The van der Waals surface area contributed by atoms with Crippen molar-refractivity contribution in [3.63, 3.8) is 0 Å². The van der Waals surface area contributed by atoms with Gasteiger partial charge in [0.05, 0.1) is 0 Å². The molecule has 0 atom stereocenters. The van der Waals surface area contributed by atoms with Crippen LogP contribution in [0.5, 0.6) is 0 Å². The summed E-state index contributed by atoms with van der Waals surface area (Å²) in [5.41, 5.74) is 2.78. The minimum Gasteiger partial charge on any atom is -0.352 e. The van der Waals surface area contributed by atoms with Crippen molar-refractivity contribution in [3.05, 3.63) is 78.0 Å². The van der Waals surface area contributed by atoms with E-state index in [0.717, 1.165) is 16.9 Å². The second-order valence-electron chi connectivity index (χ2n) is 6.67. The molecule has 3 rings (SSSR count). The van der Waals surface area contributed by atoms with Crippen LogP contribution in [-0.2, 0) is 13.1 Å². The summed E-state index contributed by atoms with van der Waals surface area (Å²) in [6.07, 6.45) is 7.13. The van der Waals surface area contributed by atoms with Crippen molar-refractivity contribution in [2.75, 3.05) is 21.1 Å². The van der Waals surface area contributed by atoms with Crippen molar-refractivity contribution in [2.24, 2.45) is 4.99 Å². The molecule has 150 valence electrons. The molecule has 0 bridgehead atoms. The molecule has 2 aromatic heterocycles. The van der Waals surface area contributed by atoms with E-state index in [1.807, 2.05) is 53.4 Å². The van der Waals surface area contributed by atoms with E-state index in [-0.39, 0.29) is 5.91 Å². The fraction of sp³-hybridized carbons (Fsp3) is 0.238. The number of nitrogens with zero attached hydrogens (tertiary/aromatic N) is 5. The summed E-state index contributed by atoms with van der Waals surface area (Å²) in [5.74, 6) is 1.51. The molecule has 0 saturated carbocycles. The molecule has 0 aliphatic carbocycles. The molecule has 0 radical (unpaired) electrons. The maximum atomic E-state index is 11.9. The number of amides is 1. The van der Waals surface area contributed by atoms with E-state index in [9.17, 15) is 4.79 Å². The van der Waals surface area contributed by atoms with Gasteiger partial charge in [0.15, 0.2) is 5.96 Å². The predicted molar refractivity (Wildman–Crippen MR) is 113 cm³/mol. The molecular formula is C21H25N7O. The molecular weight excluding hydrogens is 366 g/mol. The van der Waals surface area contributed by atoms with Crippen LogP contribution in [0, 0.1) is 0 Å². The highest BCUT2D eigenvalue weighted by Gasteiger charge is 2.07. The second kappa shape index (κ2) is 9.50. The zero-order valence-electron chi connectivity index (χ0n) is 16.8. The average molecular weight is 391 g/mol. The summed E-state index contributed by atoms with van der Waals surface area (Å²) in [6, 6.07) is 11.5. The lowest BCUT2D eigenvalue weighted by Crippen LogP contribution is -2.36. The minimum atomic E-state index is -0.00495. The summed E-state index contributed by atoms with van der Waals surface area (Å²) in [4.78, 5) is 26.2. The topological polar surface area (TPSA) is 87.4 Å². The number of imidazole rings is 1. The van der Waals surface area contributed by atoms with Gasteiger partial charge in [0.1, 0.15) is 12.1 Å². The van der Waals surface area contributed by atoms with Gasteiger partial charge >= 0.3 is 0 Å². The number of carbonyl (C=O) groups excluding carboxylic acids is 1. The van der Waals surface area contributed by atoms with E-state index in [4.69, 9.17) is 0 Å². The first-order valence-corrected chi connectivity index (χ1v) is 9.25. The zero-order valence-corrected chi connectivity index (χ0v) is 16.8. The Morgan fingerprint density at radius 1 is 1.07 bits per heavy atom. The summed E-state index contributed by atoms with van der Waals surface area (Å²) in [6.45, 7) is 1.21. The van der Waals surface area contributed by atoms with Crippen molar-refractivity contribution in [2.45, 2.75) is 13.1 Å². The molecule has 3 aromatic rings. The standard InChI is InChI=1S/C21H25N7O/c1-22-21(25-12-16-4-7-18(8-5-16)20(29)27(2)3)26-14-17-6-9-19(24-13-17)28-11-10-23-15-28/h4-11,13,15H,12,14H2,1-3H3,(H2,22,25,26). The second-order valence-corrected chi connectivity index (χ2v) is 6.67. The highest BCUT2D eigenvalue weighted by atomic mass is 16.2. The normalized spacial score (nSPS) is 11.2. The van der Waals surface area contributed by atoms with Gasteiger partial charge in [-0.3, -0.25) is 14.4 Å². The van der Waals surface area contributed by atoms with Gasteiger partial charge in [0.25, 0.3) is 5.91 Å². The molecule has 2 heterocycles. The highest BCUT2D eigenvalue weighted by molar-refractivity contribution is 5.93. The number of hydrogen-bond acceptors (Lipinski definition) is 4. The van der Waals surface area contributed by atoms with Gasteiger partial charge in [-0.05, 0) is 29.3 Å². The minimum absolute atomic E-state index is 0.00495. The third kappa shape index (κ3) is 5.41. The Labute approximate surface area is 170 Å². The van der Waals surface area contributed by atoms with Crippen LogP contribution in [0.1, 0.15) is 21.5 Å². The molecule has 0 aliphatic heterocycles. The molecule has 0 saturated heterocycles. The number of aliphatic imine (C=N–C) groups is 1. The summed E-state index contributed by atoms with van der Waals surface area (Å²) in [5, 5.41) is 6.55. The largest absolute Gasteiger partial charge is 0.352 e. The summed E-state index contributed by atoms with van der Waals surface area (Å²) in [7, 11) is 5.22. The predicted octanol–water partition coefficient (Wildman–Crippen LogP) is 1.83. The number of carbonyl (C=O) groups is 1. The van der Waals surface area contributed by atoms with Crippen LogP contribution in [0.15, 0.2) is 66.3 Å². The van der Waals surface area contributed by atoms with Crippen LogP contribution < -0.4 is 10.6 Å². The lowest BCUT2D eigenvalue weighted by atomic mass is 10.1. The molecule has 0 aliphatic rings. The molecule has 0 unspecified atom stereocenters. The zero-order chi connectivity index (χ0) is 20.6. The molecule has 29 heavy (non-hydrogen) atoms. The van der Waals surface area contributed by atoms with Crippen LogP contribution in [0.2, 0.25) is 0 Å². The van der Waals surface area contributed by atoms with Crippen LogP contribution in [-0.4, -0.2) is 52.4 Å². The van der Waals surface area contributed by atoms with E-state index in [2.05, 4.69) is 25.6 Å². The molecule has 2 N–H and O–H groups in total. The third-order valence-corrected chi connectivity index (χ3v) is 4.33. The first-order chi connectivity index (χ1) is 14.1. The number of hydrogen-bond donors (Lipinski definition) is 2. The van der Waals surface area contributed by atoms with E-state index < -0.39 is 0 Å². The van der Waals surface area contributed by atoms with E-state index in [1.165, 1.54) is 0 Å². The Morgan fingerprint density at radius 2 is 1.76 bits per heavy atom. The number of rotatable bonds is 6. The number of guanidine groups is 1. The molecule has 1 aromatic carbocycles. The van der Waals surface area contributed by atoms with Crippen LogP contribution in [0.3, 0.4) is 0 Å². The van der Waals surface area contributed by atoms with Gasteiger partial charge in [-0.1, -0.05) is 18.2 Å². The van der Waals surface area contributed by atoms with E-state index in [0.29, 0.717) is 24.6 Å². The monoisotopic (exact) mass is 391 g/mol. The maximum Gasteiger partial charge on any atom is 0.253 e. The van der Waals surface area contributed by atoms with Crippen LogP contribution in [0.4, 0.5) is 0 Å². The Bertz CT molecular complexity index is 946. The van der Waals surface area contributed by atoms with Crippen LogP contribution >= 0.6 is 0 Å². The fourth-order valence-electron chi connectivity index (χ4n) is 2.68. The van der Waals surface area contributed by atoms with Gasteiger partial charge in [0, 0.05) is 58.4 Å². The van der Waals surface area contributed by atoms with Gasteiger partial charge < -0.3 is 15.5 Å². The molecule has 0 fully saturated rings. The quantitative estimate of drug-likeness (QED) is 0.495. The summed E-state index contributed by atoms with van der Waals surface area (Å²) >= 11 is 0. The van der Waals surface area contributed by atoms with Crippen molar-refractivity contribution >= 4 is 11.9 Å². The molecule has 0 spiro atoms. The molecule has 1 amide bonds. The van der Waals surface area contributed by atoms with Gasteiger partial charge in [-0.15, -0.1) is 0 Å². The fourth-order valence-corrected chi connectivity index (χ4v) is 2.68. The molecule has 8 heteroatoms. The summed E-state index contributed by atoms with van der Waals surface area (Å²) < 4.78 is 1.86. The van der Waals surface area contributed by atoms with Gasteiger partial charge in [-0.2, -0.15) is 0 Å².